The Kier molecular flexibility index (Phi) is 4.31. The van der Waals surface area contributed by atoms with Crippen molar-refractivity contribution in [1.29, 1.82) is 0 Å². The van der Waals surface area contributed by atoms with Gasteiger partial charge in [-0.15, -0.1) is 0 Å². The number of anilines is 1. The van der Waals surface area contributed by atoms with Crippen LogP contribution in [0.3, 0.4) is 0 Å². The van der Waals surface area contributed by atoms with Crippen molar-refractivity contribution in [3.63, 3.8) is 0 Å². The van der Waals surface area contributed by atoms with Crippen LogP contribution in [0.25, 0.3) is 0 Å². The molecular formula is C20H25N3O4. The second kappa shape index (κ2) is 6.42. The van der Waals surface area contributed by atoms with Crippen LogP contribution < -0.4 is 10.6 Å². The highest BCUT2D eigenvalue weighted by Crippen LogP contribution is 2.53. The number of para-hydroxylation sites is 1. The number of benzene rings is 1. The number of hydrogen-bond acceptors (Lipinski definition) is 5. The molecule has 7 heteroatoms. The first-order valence-corrected chi connectivity index (χ1v) is 9.46. The number of ether oxygens (including phenoxy) is 1. The van der Waals surface area contributed by atoms with Crippen LogP contribution >= 0.6 is 0 Å². The van der Waals surface area contributed by atoms with Crippen LogP contribution in [0.2, 0.25) is 0 Å². The maximum Gasteiger partial charge on any atom is 0.250 e. The number of rotatable bonds is 5. The van der Waals surface area contributed by atoms with Gasteiger partial charge in [-0.3, -0.25) is 24.6 Å². The Morgan fingerprint density at radius 1 is 1.19 bits per heavy atom. The molecule has 2 saturated heterocycles. The monoisotopic (exact) mass is 371 g/mol. The zero-order valence-corrected chi connectivity index (χ0v) is 15.8. The molecule has 144 valence electrons. The van der Waals surface area contributed by atoms with E-state index in [-0.39, 0.29) is 29.7 Å². The average Bonchev–Trinajstić information content (AvgIpc) is 3.22. The Bertz CT molecular complexity index is 808. The van der Waals surface area contributed by atoms with Crippen LogP contribution in [0.1, 0.15) is 25.8 Å². The maximum atomic E-state index is 13.3. The van der Waals surface area contributed by atoms with E-state index in [0.29, 0.717) is 25.3 Å². The predicted octanol–water partition coefficient (Wildman–Crippen LogP) is 1.10. The first-order chi connectivity index (χ1) is 12.9. The van der Waals surface area contributed by atoms with Crippen molar-refractivity contribution in [2.24, 2.45) is 17.8 Å². The molecule has 27 heavy (non-hydrogen) atoms. The Labute approximate surface area is 158 Å². The van der Waals surface area contributed by atoms with Crippen LogP contribution in [0.15, 0.2) is 24.3 Å². The molecule has 2 fully saturated rings. The molecule has 3 aliphatic rings. The quantitative estimate of drug-likeness (QED) is 0.598. The Balaban J connectivity index is 1.79. The fraction of sp³-hybridized carbons (Fsp3) is 0.550. The molecule has 2 N–H and O–H groups in total. The van der Waals surface area contributed by atoms with Gasteiger partial charge in [0.2, 0.25) is 17.7 Å². The molecule has 4 atom stereocenters. The third-order valence-electron chi connectivity index (χ3n) is 6.10. The molecule has 4 rings (SSSR count). The standard InChI is InChI=1S/C20H25N3O4/c1-11(2)16-14-15(18(25)23(17(14)24)9-6-10-27-3)20(22-16)12-7-4-5-8-13(12)21-19(20)26/h4-5,7-8,11,14-16,22H,6,9-10H2,1-3H3,(H,21,26)/t14-,15-,16?,20?/m0/s1. The largest absolute Gasteiger partial charge is 0.385 e. The van der Waals surface area contributed by atoms with E-state index in [1.165, 1.54) is 4.90 Å². The minimum Gasteiger partial charge on any atom is -0.385 e. The van der Waals surface area contributed by atoms with E-state index in [1.807, 2.05) is 38.1 Å². The number of methoxy groups -OCH3 is 1. The van der Waals surface area contributed by atoms with Gasteiger partial charge in [0.25, 0.3) is 0 Å². The zero-order valence-electron chi connectivity index (χ0n) is 15.8. The van der Waals surface area contributed by atoms with Gasteiger partial charge in [-0.1, -0.05) is 32.0 Å². The predicted molar refractivity (Wildman–Crippen MR) is 98.7 cm³/mol. The summed E-state index contributed by atoms with van der Waals surface area (Å²) in [7, 11) is 1.59. The van der Waals surface area contributed by atoms with Gasteiger partial charge in [0, 0.05) is 37.6 Å². The van der Waals surface area contributed by atoms with Crippen molar-refractivity contribution in [2.75, 3.05) is 25.6 Å². The third kappa shape index (κ3) is 2.38. The van der Waals surface area contributed by atoms with E-state index < -0.39 is 17.4 Å². The number of carbonyl (C=O) groups is 3. The minimum atomic E-state index is -1.18. The molecule has 2 unspecified atom stereocenters. The SMILES string of the molecule is COCCCN1C(=O)[C@@H]2C(C(C)C)NC3(C(=O)Nc4ccccc43)[C@@H]2C1=O. The van der Waals surface area contributed by atoms with Crippen LogP contribution in [-0.4, -0.2) is 48.9 Å². The Morgan fingerprint density at radius 3 is 2.63 bits per heavy atom. The molecular weight excluding hydrogens is 346 g/mol. The Hall–Kier alpha value is -2.25. The average molecular weight is 371 g/mol. The van der Waals surface area contributed by atoms with Crippen LogP contribution in [0.4, 0.5) is 5.69 Å². The summed E-state index contributed by atoms with van der Waals surface area (Å²) >= 11 is 0. The number of nitrogens with zero attached hydrogens (tertiary/aromatic N) is 1. The van der Waals surface area contributed by atoms with Gasteiger partial charge in [0.15, 0.2) is 0 Å². The number of nitrogens with one attached hydrogen (secondary N) is 2. The summed E-state index contributed by atoms with van der Waals surface area (Å²) in [6, 6.07) is 7.17. The lowest BCUT2D eigenvalue weighted by Gasteiger charge is -2.30. The van der Waals surface area contributed by atoms with Crippen LogP contribution in [0.5, 0.6) is 0 Å². The summed E-state index contributed by atoms with van der Waals surface area (Å²) in [6.45, 7) is 4.82. The lowest BCUT2D eigenvalue weighted by molar-refractivity contribution is -0.143. The van der Waals surface area contributed by atoms with Gasteiger partial charge in [-0.2, -0.15) is 0 Å². The Morgan fingerprint density at radius 2 is 1.93 bits per heavy atom. The fourth-order valence-electron chi connectivity index (χ4n) is 4.91. The van der Waals surface area contributed by atoms with Gasteiger partial charge >= 0.3 is 0 Å². The van der Waals surface area contributed by atoms with Crippen molar-refractivity contribution in [3.05, 3.63) is 29.8 Å². The number of amides is 3. The van der Waals surface area contributed by atoms with Crippen molar-refractivity contribution in [2.45, 2.75) is 31.8 Å². The molecule has 1 aromatic carbocycles. The molecule has 0 bridgehead atoms. The van der Waals surface area contributed by atoms with E-state index in [4.69, 9.17) is 4.74 Å². The lowest BCUT2D eigenvalue weighted by atomic mass is 9.76. The van der Waals surface area contributed by atoms with Gasteiger partial charge < -0.3 is 10.1 Å². The second-order valence-corrected chi connectivity index (χ2v) is 7.90. The van der Waals surface area contributed by atoms with Crippen LogP contribution in [-0.2, 0) is 24.7 Å². The summed E-state index contributed by atoms with van der Waals surface area (Å²) in [5.74, 6) is -1.83. The van der Waals surface area contributed by atoms with E-state index in [9.17, 15) is 14.4 Å². The number of imide groups is 1. The normalized spacial score (nSPS) is 31.8. The second-order valence-electron chi connectivity index (χ2n) is 7.90. The number of fused-ring (bicyclic) bond motifs is 4. The minimum absolute atomic E-state index is 0.105. The van der Waals surface area contributed by atoms with E-state index in [1.54, 1.807) is 7.11 Å². The van der Waals surface area contributed by atoms with Gasteiger partial charge in [-0.05, 0) is 18.4 Å². The van der Waals surface area contributed by atoms with E-state index in [2.05, 4.69) is 10.6 Å². The maximum absolute atomic E-state index is 13.3. The van der Waals surface area contributed by atoms with E-state index >= 15 is 0 Å². The van der Waals surface area contributed by atoms with Crippen molar-refractivity contribution >= 4 is 23.4 Å². The summed E-state index contributed by atoms with van der Waals surface area (Å²) in [4.78, 5) is 40.9. The molecule has 3 heterocycles. The van der Waals surface area contributed by atoms with Gasteiger partial charge in [-0.25, -0.2) is 0 Å². The summed E-state index contributed by atoms with van der Waals surface area (Å²) in [5, 5.41) is 6.32. The van der Waals surface area contributed by atoms with E-state index in [0.717, 1.165) is 5.56 Å². The lowest BCUT2D eigenvalue weighted by Crippen LogP contribution is -2.54. The number of likely N-dealkylation sites (tertiary alicyclic amines) is 1. The highest BCUT2D eigenvalue weighted by molar-refractivity contribution is 6.15. The van der Waals surface area contributed by atoms with Crippen molar-refractivity contribution in [3.8, 4) is 0 Å². The molecule has 0 saturated carbocycles. The summed E-state index contributed by atoms with van der Waals surface area (Å²) < 4.78 is 5.06. The number of hydrogen-bond donors (Lipinski definition) is 2. The van der Waals surface area contributed by atoms with Crippen molar-refractivity contribution < 1.29 is 19.1 Å². The number of carbonyl (C=O) groups excluding carboxylic acids is 3. The molecule has 0 aromatic heterocycles. The van der Waals surface area contributed by atoms with Gasteiger partial charge in [0.1, 0.15) is 5.54 Å². The molecule has 1 spiro atoms. The van der Waals surface area contributed by atoms with Crippen molar-refractivity contribution in [1.82, 2.24) is 10.2 Å². The molecule has 7 nitrogen and oxygen atoms in total. The molecule has 3 aliphatic heterocycles. The smallest absolute Gasteiger partial charge is 0.250 e. The molecule has 1 aromatic rings. The summed E-state index contributed by atoms with van der Waals surface area (Å²) in [6.07, 6.45) is 0.586. The van der Waals surface area contributed by atoms with Gasteiger partial charge in [0.05, 0.1) is 11.8 Å². The highest BCUT2D eigenvalue weighted by atomic mass is 16.5. The summed E-state index contributed by atoms with van der Waals surface area (Å²) in [5.41, 5.74) is 0.281. The molecule has 3 amide bonds. The first-order valence-electron chi connectivity index (χ1n) is 9.46. The third-order valence-corrected chi connectivity index (χ3v) is 6.10. The van der Waals surface area contributed by atoms with Crippen LogP contribution in [0, 0.1) is 17.8 Å². The zero-order chi connectivity index (χ0) is 19.3. The fourth-order valence-corrected chi connectivity index (χ4v) is 4.91. The molecule has 0 radical (unpaired) electrons. The molecule has 0 aliphatic carbocycles. The first kappa shape index (κ1) is 18.1. The topological polar surface area (TPSA) is 87.7 Å². The highest BCUT2D eigenvalue weighted by Gasteiger charge is 2.70.